The van der Waals surface area contributed by atoms with Crippen molar-refractivity contribution in [1.29, 1.82) is 0 Å². The molecule has 2 N–H and O–H groups in total. The van der Waals surface area contributed by atoms with E-state index in [2.05, 4.69) is 31.3 Å². The van der Waals surface area contributed by atoms with E-state index in [9.17, 15) is 19.4 Å². The van der Waals surface area contributed by atoms with Gasteiger partial charge in [0.25, 0.3) is 7.82 Å². The lowest BCUT2D eigenvalue weighted by Gasteiger charge is -2.29. The van der Waals surface area contributed by atoms with Crippen molar-refractivity contribution < 1.29 is 32.9 Å². The first-order chi connectivity index (χ1) is 28.5. The summed E-state index contributed by atoms with van der Waals surface area (Å²) in [6.45, 7) is 4.65. The highest BCUT2D eigenvalue weighted by atomic mass is 31.2. The normalized spacial score (nSPS) is 14.4. The molecule has 8 nitrogen and oxygen atoms in total. The van der Waals surface area contributed by atoms with Gasteiger partial charge in [-0.15, -0.1) is 0 Å². The summed E-state index contributed by atoms with van der Waals surface area (Å²) in [7, 11) is 1.25. The predicted octanol–water partition coefficient (Wildman–Crippen LogP) is 13.8. The lowest BCUT2D eigenvalue weighted by Crippen LogP contribution is -2.45. The molecular formula is C50H99N2O6P. The highest BCUT2D eigenvalue weighted by Gasteiger charge is 2.23. The second-order valence-corrected chi connectivity index (χ2v) is 19.9. The van der Waals surface area contributed by atoms with E-state index in [0.29, 0.717) is 17.4 Å². The standard InChI is InChI=1S/C50H99N2O6P/c1-6-8-10-12-14-16-18-20-22-23-24-25-26-27-28-30-32-34-36-38-40-42-44-50(54)51-48(47-58-59(55,56)57-46-45-52(3,4)5)49(53)43-41-39-37-35-33-31-29-21-19-17-15-13-11-9-7-2/h33,35,41,43,48-49,53H,6-32,34,36-40,42,44-47H2,1-5H3,(H-,51,54,55,56)/b35-33+,43-41+. The van der Waals surface area contributed by atoms with Crippen molar-refractivity contribution in [2.45, 2.75) is 251 Å². The summed E-state index contributed by atoms with van der Waals surface area (Å²) in [5.41, 5.74) is 0. The molecule has 9 heteroatoms. The van der Waals surface area contributed by atoms with Crippen LogP contribution in [0.5, 0.6) is 0 Å². The summed E-state index contributed by atoms with van der Waals surface area (Å²) >= 11 is 0. The molecule has 0 aromatic heterocycles. The quantitative estimate of drug-likeness (QED) is 0.0273. The van der Waals surface area contributed by atoms with Crippen LogP contribution in [-0.2, 0) is 18.4 Å². The van der Waals surface area contributed by atoms with Crippen LogP contribution in [-0.4, -0.2) is 68.5 Å². The molecule has 350 valence electrons. The number of aliphatic hydroxyl groups is 1. The van der Waals surface area contributed by atoms with Gasteiger partial charge < -0.3 is 28.8 Å². The van der Waals surface area contributed by atoms with Gasteiger partial charge in [-0.25, -0.2) is 0 Å². The Morgan fingerprint density at radius 2 is 0.949 bits per heavy atom. The molecule has 0 radical (unpaired) electrons. The zero-order chi connectivity index (χ0) is 43.6. The molecule has 0 aliphatic rings. The molecule has 0 saturated heterocycles. The number of nitrogens with zero attached hydrogens (tertiary/aromatic N) is 1. The van der Waals surface area contributed by atoms with Crippen molar-refractivity contribution in [2.24, 2.45) is 0 Å². The van der Waals surface area contributed by atoms with Crippen LogP contribution in [0.1, 0.15) is 239 Å². The number of likely N-dealkylation sites (N-methyl/N-ethyl adjacent to an activating group) is 1. The minimum absolute atomic E-state index is 0.00406. The molecule has 0 rings (SSSR count). The predicted molar refractivity (Wildman–Crippen MR) is 252 cm³/mol. The van der Waals surface area contributed by atoms with E-state index in [1.165, 1.54) is 180 Å². The first-order valence-corrected chi connectivity index (χ1v) is 26.7. The fourth-order valence-electron chi connectivity index (χ4n) is 7.41. The molecule has 0 aromatic carbocycles. The number of quaternary nitrogens is 1. The SMILES string of the molecule is CCCCCCCCCCC/C=C/CC/C=C/C(O)C(COP(=O)([O-])OCC[N+](C)(C)C)NC(=O)CCCCCCCCCCCCCCCCCCCCCCCC. The summed E-state index contributed by atoms with van der Waals surface area (Å²) in [5.74, 6) is -0.203. The van der Waals surface area contributed by atoms with Gasteiger partial charge in [0.2, 0.25) is 5.91 Å². The third-order valence-corrected chi connectivity index (χ3v) is 12.4. The number of phosphoric ester groups is 1. The Labute approximate surface area is 366 Å². The van der Waals surface area contributed by atoms with E-state index in [4.69, 9.17) is 9.05 Å². The lowest BCUT2D eigenvalue weighted by atomic mass is 10.0. The van der Waals surface area contributed by atoms with Crippen LogP contribution in [0.4, 0.5) is 0 Å². The first kappa shape index (κ1) is 58.0. The zero-order valence-electron chi connectivity index (χ0n) is 39.7. The van der Waals surface area contributed by atoms with E-state index < -0.39 is 20.0 Å². The van der Waals surface area contributed by atoms with Gasteiger partial charge in [-0.3, -0.25) is 9.36 Å². The Kier molecular flexibility index (Phi) is 41.6. The summed E-state index contributed by atoms with van der Waals surface area (Å²) in [5, 5.41) is 13.8. The molecule has 59 heavy (non-hydrogen) atoms. The largest absolute Gasteiger partial charge is 0.756 e. The van der Waals surface area contributed by atoms with Crippen LogP contribution in [0, 0.1) is 0 Å². The van der Waals surface area contributed by atoms with E-state index >= 15 is 0 Å². The van der Waals surface area contributed by atoms with Crippen molar-refractivity contribution in [3.05, 3.63) is 24.3 Å². The molecule has 3 unspecified atom stereocenters. The number of amides is 1. The Balaban J connectivity index is 4.28. The molecule has 0 aliphatic heterocycles. The second-order valence-electron chi connectivity index (χ2n) is 18.5. The van der Waals surface area contributed by atoms with Gasteiger partial charge in [0, 0.05) is 6.42 Å². The van der Waals surface area contributed by atoms with E-state index in [1.807, 2.05) is 27.2 Å². The van der Waals surface area contributed by atoms with E-state index in [-0.39, 0.29) is 19.1 Å². The Morgan fingerprint density at radius 3 is 1.37 bits per heavy atom. The fourth-order valence-corrected chi connectivity index (χ4v) is 8.13. The minimum Gasteiger partial charge on any atom is -0.756 e. The molecular weight excluding hydrogens is 756 g/mol. The van der Waals surface area contributed by atoms with Crippen LogP contribution in [0.25, 0.3) is 0 Å². The molecule has 0 spiro atoms. The zero-order valence-corrected chi connectivity index (χ0v) is 40.6. The number of carbonyl (C=O) groups excluding carboxylic acids is 1. The second kappa shape index (κ2) is 42.3. The summed E-state index contributed by atoms with van der Waals surface area (Å²) < 4.78 is 23.2. The van der Waals surface area contributed by atoms with Gasteiger partial charge in [0.1, 0.15) is 13.2 Å². The number of phosphoric acid groups is 1. The van der Waals surface area contributed by atoms with Crippen molar-refractivity contribution in [3.8, 4) is 0 Å². The highest BCUT2D eigenvalue weighted by Crippen LogP contribution is 2.38. The monoisotopic (exact) mass is 855 g/mol. The first-order valence-electron chi connectivity index (χ1n) is 25.2. The average molecular weight is 855 g/mol. The maximum absolute atomic E-state index is 12.9. The minimum atomic E-state index is -4.59. The number of allylic oxidation sites excluding steroid dienone is 3. The molecule has 3 atom stereocenters. The Hall–Kier alpha value is -1.02. The Morgan fingerprint density at radius 1 is 0.576 bits per heavy atom. The van der Waals surface area contributed by atoms with Gasteiger partial charge >= 0.3 is 0 Å². The van der Waals surface area contributed by atoms with E-state index in [0.717, 1.165) is 38.5 Å². The number of hydrogen-bond donors (Lipinski definition) is 2. The summed E-state index contributed by atoms with van der Waals surface area (Å²) in [6, 6.07) is -0.898. The number of rotatable bonds is 46. The number of unbranched alkanes of at least 4 members (excludes halogenated alkanes) is 31. The van der Waals surface area contributed by atoms with Crippen molar-refractivity contribution in [2.75, 3.05) is 40.9 Å². The van der Waals surface area contributed by atoms with Gasteiger partial charge in [-0.2, -0.15) is 0 Å². The molecule has 0 aromatic rings. The smallest absolute Gasteiger partial charge is 0.268 e. The van der Waals surface area contributed by atoms with Crippen molar-refractivity contribution in [1.82, 2.24) is 5.32 Å². The van der Waals surface area contributed by atoms with Gasteiger partial charge in [-0.05, 0) is 32.1 Å². The van der Waals surface area contributed by atoms with Gasteiger partial charge in [0.15, 0.2) is 0 Å². The number of aliphatic hydroxyl groups excluding tert-OH is 1. The topological polar surface area (TPSA) is 108 Å². The summed E-state index contributed by atoms with van der Waals surface area (Å²) in [4.78, 5) is 25.4. The van der Waals surface area contributed by atoms with E-state index in [1.54, 1.807) is 6.08 Å². The molecule has 0 fully saturated rings. The lowest BCUT2D eigenvalue weighted by molar-refractivity contribution is -0.870. The van der Waals surface area contributed by atoms with Crippen LogP contribution >= 0.6 is 7.82 Å². The highest BCUT2D eigenvalue weighted by molar-refractivity contribution is 7.45. The fraction of sp³-hybridized carbons (Fsp3) is 0.900. The molecule has 0 heterocycles. The third kappa shape index (κ3) is 44.8. The van der Waals surface area contributed by atoms with Crippen LogP contribution < -0.4 is 10.2 Å². The maximum Gasteiger partial charge on any atom is 0.268 e. The summed E-state index contributed by atoms with van der Waals surface area (Å²) in [6.07, 6.45) is 50.9. The molecule has 0 saturated carbocycles. The third-order valence-electron chi connectivity index (χ3n) is 11.4. The number of carbonyl (C=O) groups is 1. The number of nitrogens with one attached hydrogen (secondary N) is 1. The van der Waals surface area contributed by atoms with Gasteiger partial charge in [-0.1, -0.05) is 224 Å². The Bertz CT molecular complexity index is 1020. The van der Waals surface area contributed by atoms with Crippen LogP contribution in [0.15, 0.2) is 24.3 Å². The average Bonchev–Trinajstić information content (AvgIpc) is 3.19. The molecule has 1 amide bonds. The maximum atomic E-state index is 12.9. The van der Waals surface area contributed by atoms with Crippen molar-refractivity contribution >= 4 is 13.7 Å². The van der Waals surface area contributed by atoms with Crippen LogP contribution in [0.3, 0.4) is 0 Å². The van der Waals surface area contributed by atoms with Gasteiger partial charge in [0.05, 0.1) is 39.9 Å². The molecule has 0 aliphatic carbocycles. The number of hydrogen-bond acceptors (Lipinski definition) is 6. The molecule has 0 bridgehead atoms. The van der Waals surface area contributed by atoms with Crippen molar-refractivity contribution in [3.63, 3.8) is 0 Å². The van der Waals surface area contributed by atoms with Crippen LogP contribution in [0.2, 0.25) is 0 Å².